The Morgan fingerprint density at radius 2 is 1.93 bits per heavy atom. The highest BCUT2D eigenvalue weighted by Crippen LogP contribution is 2.16. The third-order valence-corrected chi connectivity index (χ3v) is 3.91. The molecule has 9 heteroatoms. The Morgan fingerprint density at radius 1 is 1.22 bits per heavy atom. The smallest absolute Gasteiger partial charge is 0.338 e. The lowest BCUT2D eigenvalue weighted by molar-refractivity contribution is -0.117. The molecule has 2 heterocycles. The molecule has 0 radical (unpaired) electrons. The Hall–Kier alpha value is -3.49. The lowest BCUT2D eigenvalue weighted by Crippen LogP contribution is -2.30. The average molecular weight is 370 g/mol. The van der Waals surface area contributed by atoms with Crippen molar-refractivity contribution in [2.24, 2.45) is 0 Å². The van der Waals surface area contributed by atoms with Gasteiger partial charge in [-0.1, -0.05) is 5.16 Å². The molecule has 0 spiro atoms. The highest BCUT2D eigenvalue weighted by atomic mass is 16.5. The molecule has 0 aliphatic carbocycles. The average Bonchev–Trinajstić information content (AvgIpc) is 3.02. The maximum Gasteiger partial charge on any atom is 0.338 e. The van der Waals surface area contributed by atoms with Crippen LogP contribution >= 0.6 is 0 Å². The lowest BCUT2D eigenvalue weighted by atomic mass is 10.2. The number of aromatic nitrogens is 3. The first kappa shape index (κ1) is 18.3. The number of nitrogens with one attached hydrogen (secondary N) is 1. The van der Waals surface area contributed by atoms with Crippen LogP contribution in [0, 0.1) is 13.8 Å². The van der Waals surface area contributed by atoms with Crippen LogP contribution in [0.15, 0.2) is 33.6 Å². The van der Waals surface area contributed by atoms with Crippen molar-refractivity contribution in [2.45, 2.75) is 27.3 Å². The van der Waals surface area contributed by atoms with E-state index in [1.807, 2.05) is 0 Å². The van der Waals surface area contributed by atoms with Crippen LogP contribution in [-0.4, -0.2) is 33.4 Å². The van der Waals surface area contributed by atoms with E-state index in [1.54, 1.807) is 45.0 Å². The monoisotopic (exact) mass is 370 g/mol. The Labute approximate surface area is 153 Å². The van der Waals surface area contributed by atoms with Crippen molar-refractivity contribution in [2.75, 3.05) is 11.9 Å². The number of esters is 1. The van der Waals surface area contributed by atoms with Crippen LogP contribution in [0.25, 0.3) is 10.9 Å². The number of rotatable bonds is 5. The summed E-state index contributed by atoms with van der Waals surface area (Å²) in [6.45, 7) is 5.14. The molecule has 0 aliphatic rings. The number of aryl methyl sites for hydroxylation is 2. The summed E-state index contributed by atoms with van der Waals surface area (Å²) < 4.78 is 11.0. The molecule has 0 saturated heterocycles. The predicted octanol–water partition coefficient (Wildman–Crippen LogP) is 1.82. The second-order valence-electron chi connectivity index (χ2n) is 5.86. The van der Waals surface area contributed by atoms with Crippen LogP contribution in [0.2, 0.25) is 0 Å². The van der Waals surface area contributed by atoms with Crippen LogP contribution in [0.1, 0.15) is 28.7 Å². The number of amides is 1. The molecule has 27 heavy (non-hydrogen) atoms. The predicted molar refractivity (Wildman–Crippen MR) is 96.6 cm³/mol. The maximum absolute atomic E-state index is 12.4. The summed E-state index contributed by atoms with van der Waals surface area (Å²) in [5, 5.41) is 11.1. The minimum Gasteiger partial charge on any atom is -0.462 e. The zero-order valence-corrected chi connectivity index (χ0v) is 15.1. The van der Waals surface area contributed by atoms with Gasteiger partial charge in [0.2, 0.25) is 5.91 Å². The lowest BCUT2D eigenvalue weighted by Gasteiger charge is -2.08. The molecule has 1 amide bonds. The fourth-order valence-electron chi connectivity index (χ4n) is 2.69. The highest BCUT2D eigenvalue weighted by Gasteiger charge is 2.16. The van der Waals surface area contributed by atoms with E-state index >= 15 is 0 Å². The molecule has 2 aromatic heterocycles. The molecule has 9 nitrogen and oxygen atoms in total. The van der Waals surface area contributed by atoms with Gasteiger partial charge in [0.05, 0.1) is 23.3 Å². The Morgan fingerprint density at radius 3 is 2.59 bits per heavy atom. The quantitative estimate of drug-likeness (QED) is 0.681. The second-order valence-corrected chi connectivity index (χ2v) is 5.86. The molecule has 0 atom stereocenters. The minimum absolute atomic E-state index is 0.145. The molecule has 0 aliphatic heterocycles. The van der Waals surface area contributed by atoms with E-state index in [9.17, 15) is 14.4 Å². The van der Waals surface area contributed by atoms with E-state index in [4.69, 9.17) is 9.26 Å². The van der Waals surface area contributed by atoms with E-state index in [-0.39, 0.29) is 18.7 Å². The molecular formula is C18H18N4O5. The van der Waals surface area contributed by atoms with E-state index in [0.717, 1.165) is 4.68 Å². The first-order valence-electron chi connectivity index (χ1n) is 8.31. The molecule has 3 rings (SSSR count). The van der Waals surface area contributed by atoms with Crippen LogP contribution < -0.4 is 10.9 Å². The molecule has 1 N–H and O–H groups in total. The maximum atomic E-state index is 12.4. The van der Waals surface area contributed by atoms with Gasteiger partial charge in [0, 0.05) is 5.69 Å². The van der Waals surface area contributed by atoms with Gasteiger partial charge in [-0.3, -0.25) is 9.59 Å². The molecule has 0 unspecified atom stereocenters. The van der Waals surface area contributed by atoms with E-state index in [0.29, 0.717) is 28.1 Å². The Bertz CT molecular complexity index is 1070. The van der Waals surface area contributed by atoms with Crippen LogP contribution in [0.4, 0.5) is 5.69 Å². The number of nitrogens with zero attached hydrogens (tertiary/aromatic N) is 3. The minimum atomic E-state index is -0.500. The number of hydrogen-bond donors (Lipinski definition) is 1. The number of anilines is 1. The van der Waals surface area contributed by atoms with Gasteiger partial charge in [0.1, 0.15) is 12.3 Å². The molecule has 140 valence electrons. The van der Waals surface area contributed by atoms with Crippen molar-refractivity contribution in [3.63, 3.8) is 0 Å². The number of carbonyl (C=O) groups excluding carboxylic acids is 2. The fraction of sp³-hybridized carbons (Fsp3) is 0.278. The molecule has 0 fully saturated rings. The van der Waals surface area contributed by atoms with Crippen LogP contribution in [0.5, 0.6) is 0 Å². The first-order valence-corrected chi connectivity index (χ1v) is 8.31. The van der Waals surface area contributed by atoms with Crippen molar-refractivity contribution in [3.05, 3.63) is 51.6 Å². The summed E-state index contributed by atoms with van der Waals surface area (Å²) >= 11 is 0. The van der Waals surface area contributed by atoms with Crippen molar-refractivity contribution in [1.82, 2.24) is 14.9 Å². The highest BCUT2D eigenvalue weighted by molar-refractivity contribution is 5.93. The molecule has 1 aromatic carbocycles. The molecule has 0 saturated carbocycles. The largest absolute Gasteiger partial charge is 0.462 e. The summed E-state index contributed by atoms with van der Waals surface area (Å²) in [7, 11) is 0. The summed E-state index contributed by atoms with van der Waals surface area (Å²) in [6, 6.07) is 6.25. The van der Waals surface area contributed by atoms with Crippen molar-refractivity contribution >= 4 is 28.5 Å². The third-order valence-electron chi connectivity index (χ3n) is 3.91. The van der Waals surface area contributed by atoms with Gasteiger partial charge >= 0.3 is 5.97 Å². The summed E-state index contributed by atoms with van der Waals surface area (Å²) in [5.74, 6) is -0.365. The molecule has 0 bridgehead atoms. The number of carbonyl (C=O) groups is 2. The van der Waals surface area contributed by atoms with E-state index < -0.39 is 17.4 Å². The molecular weight excluding hydrogens is 352 g/mol. The Kier molecular flexibility index (Phi) is 5.02. The van der Waals surface area contributed by atoms with Crippen molar-refractivity contribution < 1.29 is 18.8 Å². The number of benzene rings is 1. The van der Waals surface area contributed by atoms with Crippen LogP contribution in [0.3, 0.4) is 0 Å². The van der Waals surface area contributed by atoms with E-state index in [2.05, 4.69) is 15.6 Å². The van der Waals surface area contributed by atoms with Gasteiger partial charge in [-0.15, -0.1) is 0 Å². The van der Waals surface area contributed by atoms with Gasteiger partial charge in [-0.25, -0.2) is 9.48 Å². The first-order chi connectivity index (χ1) is 12.9. The zero-order chi connectivity index (χ0) is 19.6. The van der Waals surface area contributed by atoms with Crippen molar-refractivity contribution in [1.29, 1.82) is 0 Å². The summed E-state index contributed by atoms with van der Waals surface area (Å²) in [6.07, 6.45) is 0. The van der Waals surface area contributed by atoms with E-state index in [1.165, 1.54) is 0 Å². The van der Waals surface area contributed by atoms with Gasteiger partial charge in [0.25, 0.3) is 5.56 Å². The Balaban J connectivity index is 1.75. The standard InChI is InChI=1S/C18H18N4O5/c1-4-26-18(25)12-5-7-13(8-6-12)19-14(23)9-22-17(24)16-15(10(2)20-22)11(3)27-21-16/h5-8H,4,9H2,1-3H3,(H,19,23). The molecule has 3 aromatic rings. The van der Waals surface area contributed by atoms with Crippen molar-refractivity contribution in [3.8, 4) is 0 Å². The van der Waals surface area contributed by atoms with Crippen LogP contribution in [-0.2, 0) is 16.1 Å². The van der Waals surface area contributed by atoms with Gasteiger partial charge < -0.3 is 14.6 Å². The zero-order valence-electron chi connectivity index (χ0n) is 15.1. The number of ether oxygens (including phenoxy) is 1. The normalized spacial score (nSPS) is 10.8. The SMILES string of the molecule is CCOC(=O)c1ccc(NC(=O)Cn2nc(C)c3c(C)onc3c2=O)cc1. The van der Waals surface area contributed by atoms with Gasteiger partial charge in [-0.2, -0.15) is 5.10 Å². The number of hydrogen-bond acceptors (Lipinski definition) is 7. The second kappa shape index (κ2) is 7.40. The summed E-state index contributed by atoms with van der Waals surface area (Å²) in [4.78, 5) is 36.3. The fourth-order valence-corrected chi connectivity index (χ4v) is 2.69. The summed E-state index contributed by atoms with van der Waals surface area (Å²) in [5.41, 5.74) is 1.06. The third kappa shape index (κ3) is 3.71. The number of fused-ring (bicyclic) bond motifs is 1. The van der Waals surface area contributed by atoms with Gasteiger partial charge in [-0.05, 0) is 45.0 Å². The topological polar surface area (TPSA) is 116 Å². The van der Waals surface area contributed by atoms with Gasteiger partial charge in [0.15, 0.2) is 5.52 Å².